The fourth-order valence-corrected chi connectivity index (χ4v) is 4.01. The van der Waals surface area contributed by atoms with Crippen molar-refractivity contribution < 1.29 is 13.5 Å². The first-order valence-electron chi connectivity index (χ1n) is 7.23. The standard InChI is InChI=1S/C19H16O3S/c20-19(15-9-3-1-4-10-15)17-13-7-8-14-18(17)23(21,22)16-11-5-2-6-12-16/h1-14,19-20H/t19-/m0/s1. The van der Waals surface area contributed by atoms with E-state index in [0.717, 1.165) is 0 Å². The van der Waals surface area contributed by atoms with E-state index in [9.17, 15) is 13.5 Å². The minimum Gasteiger partial charge on any atom is -0.384 e. The molecule has 23 heavy (non-hydrogen) atoms. The van der Waals surface area contributed by atoms with Crippen molar-refractivity contribution in [1.82, 2.24) is 0 Å². The van der Waals surface area contributed by atoms with E-state index in [1.54, 1.807) is 60.7 Å². The molecule has 0 fully saturated rings. The Morgan fingerprint density at radius 3 is 1.87 bits per heavy atom. The third kappa shape index (κ3) is 3.04. The van der Waals surface area contributed by atoms with Crippen molar-refractivity contribution in [3.63, 3.8) is 0 Å². The van der Waals surface area contributed by atoms with E-state index in [-0.39, 0.29) is 9.79 Å². The number of sulfone groups is 1. The highest BCUT2D eigenvalue weighted by atomic mass is 32.2. The van der Waals surface area contributed by atoms with Crippen LogP contribution in [0.1, 0.15) is 17.2 Å². The monoisotopic (exact) mass is 324 g/mol. The molecule has 0 bridgehead atoms. The molecule has 3 aromatic rings. The highest BCUT2D eigenvalue weighted by molar-refractivity contribution is 7.91. The average molecular weight is 324 g/mol. The number of aliphatic hydroxyl groups excluding tert-OH is 1. The van der Waals surface area contributed by atoms with Gasteiger partial charge in [-0.1, -0.05) is 66.7 Å². The number of benzene rings is 3. The molecule has 3 aromatic carbocycles. The molecule has 0 radical (unpaired) electrons. The third-order valence-electron chi connectivity index (χ3n) is 3.67. The molecule has 116 valence electrons. The predicted molar refractivity (Wildman–Crippen MR) is 88.8 cm³/mol. The van der Waals surface area contributed by atoms with Gasteiger partial charge in [0.25, 0.3) is 0 Å². The summed E-state index contributed by atoms with van der Waals surface area (Å²) in [5, 5.41) is 10.6. The molecule has 3 rings (SSSR count). The van der Waals surface area contributed by atoms with Gasteiger partial charge in [0, 0.05) is 5.56 Å². The lowest BCUT2D eigenvalue weighted by Gasteiger charge is -2.16. The van der Waals surface area contributed by atoms with Crippen molar-refractivity contribution >= 4 is 9.84 Å². The maximum atomic E-state index is 12.9. The Bertz CT molecular complexity index is 888. The van der Waals surface area contributed by atoms with E-state index >= 15 is 0 Å². The topological polar surface area (TPSA) is 54.4 Å². The van der Waals surface area contributed by atoms with Crippen LogP contribution >= 0.6 is 0 Å². The van der Waals surface area contributed by atoms with Crippen LogP contribution in [0.5, 0.6) is 0 Å². The van der Waals surface area contributed by atoms with Crippen molar-refractivity contribution in [2.45, 2.75) is 15.9 Å². The van der Waals surface area contributed by atoms with Gasteiger partial charge in [0.15, 0.2) is 0 Å². The van der Waals surface area contributed by atoms with Gasteiger partial charge in [0.2, 0.25) is 9.84 Å². The molecule has 0 aromatic heterocycles. The first-order valence-corrected chi connectivity index (χ1v) is 8.71. The average Bonchev–Trinajstić information content (AvgIpc) is 2.62. The zero-order valence-corrected chi connectivity index (χ0v) is 13.1. The molecule has 0 aliphatic heterocycles. The molecule has 4 heteroatoms. The molecule has 0 saturated heterocycles. The molecule has 1 atom stereocenters. The number of aliphatic hydroxyl groups is 1. The van der Waals surface area contributed by atoms with Crippen molar-refractivity contribution in [3.8, 4) is 0 Å². The fraction of sp³-hybridized carbons (Fsp3) is 0.0526. The van der Waals surface area contributed by atoms with Crippen LogP contribution in [-0.4, -0.2) is 13.5 Å². The van der Waals surface area contributed by atoms with Gasteiger partial charge in [-0.25, -0.2) is 8.42 Å². The lowest BCUT2D eigenvalue weighted by atomic mass is 10.0. The van der Waals surface area contributed by atoms with Gasteiger partial charge < -0.3 is 5.11 Å². The minimum atomic E-state index is -3.68. The van der Waals surface area contributed by atoms with E-state index in [1.165, 1.54) is 6.07 Å². The Morgan fingerprint density at radius 1 is 0.696 bits per heavy atom. The molecule has 0 amide bonds. The molecular weight excluding hydrogens is 308 g/mol. The summed E-state index contributed by atoms with van der Waals surface area (Å²) in [6.07, 6.45) is -0.995. The van der Waals surface area contributed by atoms with E-state index in [4.69, 9.17) is 0 Å². The zero-order valence-electron chi connectivity index (χ0n) is 12.3. The van der Waals surface area contributed by atoms with Gasteiger partial charge in [0.05, 0.1) is 9.79 Å². The van der Waals surface area contributed by atoms with Gasteiger partial charge in [-0.2, -0.15) is 0 Å². The SMILES string of the molecule is O=S(=O)(c1ccccc1)c1ccccc1[C@@H](O)c1ccccc1. The zero-order chi connectivity index (χ0) is 16.3. The smallest absolute Gasteiger partial charge is 0.206 e. The Balaban J connectivity index is 2.12. The summed E-state index contributed by atoms with van der Waals surface area (Å²) in [5.74, 6) is 0. The molecule has 0 saturated carbocycles. The second kappa shape index (κ2) is 6.36. The molecular formula is C19H16O3S. The van der Waals surface area contributed by atoms with Crippen LogP contribution in [0, 0.1) is 0 Å². The molecule has 0 aliphatic carbocycles. The maximum Gasteiger partial charge on any atom is 0.206 e. The van der Waals surface area contributed by atoms with Crippen molar-refractivity contribution in [3.05, 3.63) is 96.1 Å². The summed E-state index contributed by atoms with van der Waals surface area (Å²) in [6.45, 7) is 0. The lowest BCUT2D eigenvalue weighted by molar-refractivity contribution is 0.217. The van der Waals surface area contributed by atoms with Crippen LogP contribution < -0.4 is 0 Å². The minimum absolute atomic E-state index is 0.127. The van der Waals surface area contributed by atoms with Crippen LogP contribution in [0.4, 0.5) is 0 Å². The largest absolute Gasteiger partial charge is 0.384 e. The van der Waals surface area contributed by atoms with E-state index in [2.05, 4.69) is 0 Å². The predicted octanol–water partition coefficient (Wildman–Crippen LogP) is 3.60. The summed E-state index contributed by atoms with van der Waals surface area (Å²) in [5.41, 5.74) is 1.03. The van der Waals surface area contributed by atoms with Crippen molar-refractivity contribution in [1.29, 1.82) is 0 Å². The quantitative estimate of drug-likeness (QED) is 0.798. The highest BCUT2D eigenvalue weighted by Crippen LogP contribution is 2.31. The van der Waals surface area contributed by atoms with Gasteiger partial charge >= 0.3 is 0 Å². The third-order valence-corrected chi connectivity index (χ3v) is 5.52. The summed E-state index contributed by atoms with van der Waals surface area (Å²) < 4.78 is 25.8. The fourth-order valence-electron chi connectivity index (χ4n) is 2.49. The van der Waals surface area contributed by atoms with Gasteiger partial charge in [-0.3, -0.25) is 0 Å². The normalized spacial score (nSPS) is 12.7. The summed E-state index contributed by atoms with van der Waals surface area (Å²) >= 11 is 0. The van der Waals surface area contributed by atoms with Crippen LogP contribution in [0.25, 0.3) is 0 Å². The summed E-state index contributed by atoms with van der Waals surface area (Å²) in [4.78, 5) is 0.343. The van der Waals surface area contributed by atoms with Crippen LogP contribution in [0.3, 0.4) is 0 Å². The number of rotatable bonds is 4. The number of hydrogen-bond acceptors (Lipinski definition) is 3. The molecule has 1 N–H and O–H groups in total. The lowest BCUT2D eigenvalue weighted by Crippen LogP contribution is -2.09. The van der Waals surface area contributed by atoms with Crippen LogP contribution in [-0.2, 0) is 9.84 Å². The van der Waals surface area contributed by atoms with Gasteiger partial charge in [-0.05, 0) is 23.8 Å². The first-order chi connectivity index (χ1) is 11.1. The van der Waals surface area contributed by atoms with E-state index in [0.29, 0.717) is 11.1 Å². The molecule has 0 spiro atoms. The highest BCUT2D eigenvalue weighted by Gasteiger charge is 2.24. The molecule has 0 aliphatic rings. The Kier molecular flexibility index (Phi) is 4.28. The van der Waals surface area contributed by atoms with Crippen LogP contribution in [0.15, 0.2) is 94.7 Å². The summed E-state index contributed by atoms with van der Waals surface area (Å²) in [7, 11) is -3.68. The second-order valence-electron chi connectivity index (χ2n) is 5.17. The Labute approximate surface area is 135 Å². The van der Waals surface area contributed by atoms with Crippen molar-refractivity contribution in [2.24, 2.45) is 0 Å². The second-order valence-corrected chi connectivity index (χ2v) is 7.09. The van der Waals surface area contributed by atoms with Gasteiger partial charge in [-0.15, -0.1) is 0 Å². The molecule has 3 nitrogen and oxygen atoms in total. The van der Waals surface area contributed by atoms with Gasteiger partial charge in [0.1, 0.15) is 6.10 Å². The summed E-state index contributed by atoms with van der Waals surface area (Å²) in [6, 6.07) is 23.8. The van der Waals surface area contributed by atoms with Crippen LogP contribution in [0.2, 0.25) is 0 Å². The molecule has 0 unspecified atom stereocenters. The van der Waals surface area contributed by atoms with E-state index < -0.39 is 15.9 Å². The number of hydrogen-bond donors (Lipinski definition) is 1. The Hall–Kier alpha value is -2.43. The van der Waals surface area contributed by atoms with E-state index in [1.807, 2.05) is 18.2 Å². The Morgan fingerprint density at radius 2 is 1.22 bits per heavy atom. The van der Waals surface area contributed by atoms with Crippen molar-refractivity contribution in [2.75, 3.05) is 0 Å². The maximum absolute atomic E-state index is 12.9. The molecule has 0 heterocycles. The first kappa shape index (κ1) is 15.5.